The second-order valence-corrected chi connectivity index (χ2v) is 7.39. The fourth-order valence-corrected chi connectivity index (χ4v) is 3.53. The molecule has 0 saturated heterocycles. The Bertz CT molecular complexity index is 1220. The van der Waals surface area contributed by atoms with Gasteiger partial charge in [0.15, 0.2) is 0 Å². The number of rotatable bonds is 6. The maximum Gasteiger partial charge on any atom is 0.331 e. The van der Waals surface area contributed by atoms with Crippen molar-refractivity contribution in [1.82, 2.24) is 19.2 Å². The van der Waals surface area contributed by atoms with Crippen LogP contribution in [0.25, 0.3) is 11.7 Å². The molecular weight excluding hydrogens is 400 g/mol. The molecule has 0 aliphatic heterocycles. The molecule has 0 N–H and O–H groups in total. The maximum absolute atomic E-state index is 12.2. The summed E-state index contributed by atoms with van der Waals surface area (Å²) in [6, 6.07) is 13.9. The van der Waals surface area contributed by atoms with Crippen LogP contribution >= 0.6 is 11.6 Å². The van der Waals surface area contributed by atoms with Crippen LogP contribution in [0.5, 0.6) is 0 Å². The van der Waals surface area contributed by atoms with Gasteiger partial charge in [-0.2, -0.15) is 5.10 Å². The molecule has 0 aliphatic carbocycles. The van der Waals surface area contributed by atoms with E-state index in [0.717, 1.165) is 22.5 Å². The molecule has 0 atom stereocenters. The van der Waals surface area contributed by atoms with Crippen LogP contribution in [0.3, 0.4) is 0 Å². The average molecular weight is 421 g/mol. The number of aryl methyl sites for hydroxylation is 2. The SMILES string of the molecule is Cc1nn(Cc2ccccc2)c(Cl)c1/C=C/C(=O)OCc1cn2cccc(C)c2n1. The largest absolute Gasteiger partial charge is 0.456 e. The molecule has 4 aromatic rings. The lowest BCUT2D eigenvalue weighted by Gasteiger charge is -2.03. The molecule has 0 saturated carbocycles. The van der Waals surface area contributed by atoms with Crippen LogP contribution < -0.4 is 0 Å². The summed E-state index contributed by atoms with van der Waals surface area (Å²) < 4.78 is 8.96. The molecule has 152 valence electrons. The highest BCUT2D eigenvalue weighted by Gasteiger charge is 2.12. The maximum atomic E-state index is 12.2. The summed E-state index contributed by atoms with van der Waals surface area (Å²) in [5.41, 5.74) is 5.15. The van der Waals surface area contributed by atoms with Gasteiger partial charge in [-0.25, -0.2) is 14.5 Å². The third kappa shape index (κ3) is 4.28. The minimum Gasteiger partial charge on any atom is -0.456 e. The van der Waals surface area contributed by atoms with E-state index in [-0.39, 0.29) is 6.61 Å². The highest BCUT2D eigenvalue weighted by Crippen LogP contribution is 2.22. The second kappa shape index (κ2) is 8.55. The Morgan fingerprint density at radius 1 is 1.17 bits per heavy atom. The average Bonchev–Trinajstić information content (AvgIpc) is 3.27. The van der Waals surface area contributed by atoms with Gasteiger partial charge in [-0.1, -0.05) is 48.0 Å². The molecule has 6 nitrogen and oxygen atoms in total. The van der Waals surface area contributed by atoms with Gasteiger partial charge in [0.25, 0.3) is 0 Å². The van der Waals surface area contributed by atoms with E-state index in [2.05, 4.69) is 10.1 Å². The third-order valence-electron chi connectivity index (χ3n) is 4.76. The summed E-state index contributed by atoms with van der Waals surface area (Å²) in [6.07, 6.45) is 6.78. The number of halogens is 1. The van der Waals surface area contributed by atoms with E-state index in [1.165, 1.54) is 6.08 Å². The van der Waals surface area contributed by atoms with Gasteiger partial charge >= 0.3 is 5.97 Å². The second-order valence-electron chi connectivity index (χ2n) is 7.03. The van der Waals surface area contributed by atoms with E-state index in [1.807, 2.05) is 73.1 Å². The van der Waals surface area contributed by atoms with Gasteiger partial charge in [-0.15, -0.1) is 0 Å². The smallest absolute Gasteiger partial charge is 0.331 e. The predicted molar refractivity (Wildman–Crippen MR) is 116 cm³/mol. The van der Waals surface area contributed by atoms with Gasteiger partial charge in [0.05, 0.1) is 17.9 Å². The molecule has 4 rings (SSSR count). The minimum atomic E-state index is -0.463. The summed E-state index contributed by atoms with van der Waals surface area (Å²) in [5, 5.41) is 4.96. The van der Waals surface area contributed by atoms with Crippen LogP contribution in [0.15, 0.2) is 60.9 Å². The molecule has 0 spiro atoms. The van der Waals surface area contributed by atoms with E-state index < -0.39 is 5.97 Å². The lowest BCUT2D eigenvalue weighted by atomic mass is 10.2. The molecule has 0 bridgehead atoms. The Labute approximate surface area is 179 Å². The zero-order valence-electron chi connectivity index (χ0n) is 16.7. The summed E-state index contributed by atoms with van der Waals surface area (Å²) in [6.45, 7) is 4.51. The van der Waals surface area contributed by atoms with Crippen molar-refractivity contribution in [2.75, 3.05) is 0 Å². The number of benzene rings is 1. The number of ether oxygens (including phenoxy) is 1. The Morgan fingerprint density at radius 2 is 1.97 bits per heavy atom. The van der Waals surface area contributed by atoms with Crippen molar-refractivity contribution in [3.05, 3.63) is 94.2 Å². The lowest BCUT2D eigenvalue weighted by Crippen LogP contribution is -2.02. The number of carbonyl (C=O) groups excluding carboxylic acids is 1. The molecular formula is C23H21ClN4O2. The van der Waals surface area contributed by atoms with Crippen molar-refractivity contribution in [1.29, 1.82) is 0 Å². The van der Waals surface area contributed by atoms with Crippen molar-refractivity contribution < 1.29 is 9.53 Å². The Hall–Kier alpha value is -3.38. The number of nitrogens with zero attached hydrogens (tertiary/aromatic N) is 4. The Balaban J connectivity index is 1.41. The minimum absolute atomic E-state index is 0.101. The molecule has 3 heterocycles. The molecule has 0 unspecified atom stereocenters. The van der Waals surface area contributed by atoms with E-state index in [4.69, 9.17) is 16.3 Å². The first-order valence-corrected chi connectivity index (χ1v) is 9.94. The molecule has 0 amide bonds. The molecule has 7 heteroatoms. The van der Waals surface area contributed by atoms with Gasteiger partial charge in [-0.05, 0) is 37.1 Å². The van der Waals surface area contributed by atoms with Crippen molar-refractivity contribution in [3.8, 4) is 0 Å². The molecule has 0 radical (unpaired) electrons. The molecule has 0 aliphatic rings. The fourth-order valence-electron chi connectivity index (χ4n) is 3.24. The first kappa shape index (κ1) is 19.9. The van der Waals surface area contributed by atoms with Crippen LogP contribution in [-0.4, -0.2) is 25.1 Å². The van der Waals surface area contributed by atoms with Gasteiger partial charge < -0.3 is 9.14 Å². The van der Waals surface area contributed by atoms with Gasteiger partial charge in [0.1, 0.15) is 17.4 Å². The summed E-state index contributed by atoms with van der Waals surface area (Å²) in [4.78, 5) is 16.7. The number of esters is 1. The highest BCUT2D eigenvalue weighted by atomic mass is 35.5. The zero-order valence-corrected chi connectivity index (χ0v) is 17.5. The number of aromatic nitrogens is 4. The Morgan fingerprint density at radius 3 is 2.73 bits per heavy atom. The standard InChI is InChI=1S/C23H21ClN4O2/c1-16-7-6-12-27-14-19(25-23(16)27)15-30-21(29)11-10-20-17(2)26-28(22(20)24)13-18-8-4-3-5-9-18/h3-12,14H,13,15H2,1-2H3/b11-10+. The topological polar surface area (TPSA) is 61.4 Å². The normalized spacial score (nSPS) is 11.4. The lowest BCUT2D eigenvalue weighted by molar-refractivity contribution is -0.139. The molecule has 0 fully saturated rings. The van der Waals surface area contributed by atoms with Crippen LogP contribution in [0.1, 0.15) is 28.1 Å². The fraction of sp³-hybridized carbons (Fsp3) is 0.174. The summed E-state index contributed by atoms with van der Waals surface area (Å²) in [5.74, 6) is -0.463. The third-order valence-corrected chi connectivity index (χ3v) is 5.16. The quantitative estimate of drug-likeness (QED) is 0.337. The number of carbonyl (C=O) groups is 1. The van der Waals surface area contributed by atoms with Crippen LogP contribution in [0.4, 0.5) is 0 Å². The summed E-state index contributed by atoms with van der Waals surface area (Å²) >= 11 is 6.48. The van der Waals surface area contributed by atoms with Gasteiger partial charge in [0, 0.05) is 24.0 Å². The Kier molecular flexibility index (Phi) is 5.68. The molecule has 1 aromatic carbocycles. The summed E-state index contributed by atoms with van der Waals surface area (Å²) in [7, 11) is 0. The molecule has 3 aromatic heterocycles. The highest BCUT2D eigenvalue weighted by molar-refractivity contribution is 6.31. The van der Waals surface area contributed by atoms with Crippen LogP contribution in [-0.2, 0) is 22.7 Å². The van der Waals surface area contributed by atoms with E-state index in [9.17, 15) is 4.79 Å². The van der Waals surface area contributed by atoms with Crippen LogP contribution in [0, 0.1) is 13.8 Å². The van der Waals surface area contributed by atoms with E-state index >= 15 is 0 Å². The number of hydrogen-bond donors (Lipinski definition) is 0. The van der Waals surface area contributed by atoms with Crippen molar-refractivity contribution >= 4 is 29.3 Å². The first-order valence-electron chi connectivity index (χ1n) is 9.56. The van der Waals surface area contributed by atoms with E-state index in [0.29, 0.717) is 23.0 Å². The van der Waals surface area contributed by atoms with Crippen LogP contribution in [0.2, 0.25) is 5.15 Å². The first-order chi connectivity index (χ1) is 14.5. The van der Waals surface area contributed by atoms with Crippen molar-refractivity contribution in [2.24, 2.45) is 0 Å². The van der Waals surface area contributed by atoms with Gasteiger partial charge in [-0.3, -0.25) is 0 Å². The number of imidazole rings is 1. The zero-order chi connectivity index (χ0) is 21.1. The van der Waals surface area contributed by atoms with E-state index in [1.54, 1.807) is 10.8 Å². The number of fused-ring (bicyclic) bond motifs is 1. The number of pyridine rings is 1. The number of hydrogen-bond acceptors (Lipinski definition) is 4. The van der Waals surface area contributed by atoms with Crippen molar-refractivity contribution in [3.63, 3.8) is 0 Å². The van der Waals surface area contributed by atoms with Crippen molar-refractivity contribution in [2.45, 2.75) is 27.0 Å². The predicted octanol–water partition coefficient (Wildman–Crippen LogP) is 4.61. The monoisotopic (exact) mass is 420 g/mol. The molecule has 30 heavy (non-hydrogen) atoms. The van der Waals surface area contributed by atoms with Gasteiger partial charge in [0.2, 0.25) is 0 Å².